The lowest BCUT2D eigenvalue weighted by Gasteiger charge is -2.06. The van der Waals surface area contributed by atoms with Gasteiger partial charge in [0.2, 0.25) is 0 Å². The van der Waals surface area contributed by atoms with Gasteiger partial charge in [0.1, 0.15) is 5.82 Å². The van der Waals surface area contributed by atoms with E-state index in [1.165, 1.54) is 23.9 Å². The molecule has 0 saturated heterocycles. The summed E-state index contributed by atoms with van der Waals surface area (Å²) in [5, 5.41) is 10.8. The molecule has 0 aromatic heterocycles. The van der Waals surface area contributed by atoms with Crippen LogP contribution in [0.3, 0.4) is 0 Å². The van der Waals surface area contributed by atoms with Crippen LogP contribution in [0.2, 0.25) is 0 Å². The van der Waals surface area contributed by atoms with E-state index < -0.39 is 0 Å². The summed E-state index contributed by atoms with van der Waals surface area (Å²) in [5.74, 6) is -0.227. The number of azo groups is 1. The number of hydrogen-bond donors (Lipinski definition) is 1. The molecule has 1 N–H and O–H groups in total. The highest BCUT2D eigenvalue weighted by atomic mass is 32.2. The van der Waals surface area contributed by atoms with Crippen molar-refractivity contribution in [3.63, 3.8) is 0 Å². The summed E-state index contributed by atoms with van der Waals surface area (Å²) in [6, 6.07) is 6.34. The molecule has 0 bridgehead atoms. The van der Waals surface area contributed by atoms with Crippen molar-refractivity contribution in [1.29, 1.82) is 0 Å². The van der Waals surface area contributed by atoms with Crippen molar-refractivity contribution in [1.82, 2.24) is 5.32 Å². The van der Waals surface area contributed by atoms with Gasteiger partial charge < -0.3 is 0 Å². The lowest BCUT2D eigenvalue weighted by Crippen LogP contribution is -2.21. The molecule has 1 aliphatic heterocycles. The molecule has 0 saturated carbocycles. The van der Waals surface area contributed by atoms with E-state index in [1.54, 1.807) is 12.1 Å². The normalized spacial score (nSPS) is 19.8. The van der Waals surface area contributed by atoms with E-state index in [1.807, 2.05) is 0 Å². The molecule has 1 aromatic rings. The van der Waals surface area contributed by atoms with Gasteiger partial charge >= 0.3 is 0 Å². The maximum atomic E-state index is 12.6. The number of thiocarbonyl (C=S) groups is 1. The Balaban J connectivity index is 1.86. The summed E-state index contributed by atoms with van der Waals surface area (Å²) in [4.78, 5) is 0. The lowest BCUT2D eigenvalue weighted by atomic mass is 10.2. The highest BCUT2D eigenvalue weighted by Gasteiger charge is 2.15. The summed E-state index contributed by atoms with van der Waals surface area (Å²) < 4.78 is 13.2. The molecule has 1 aromatic carbocycles. The van der Waals surface area contributed by atoms with Crippen LogP contribution in [-0.2, 0) is 6.54 Å². The average Bonchev–Trinajstić information content (AvgIpc) is 2.64. The van der Waals surface area contributed by atoms with Crippen LogP contribution in [0.15, 0.2) is 34.5 Å². The van der Waals surface area contributed by atoms with Gasteiger partial charge in [0.25, 0.3) is 0 Å². The van der Waals surface area contributed by atoms with Crippen molar-refractivity contribution in [3.8, 4) is 0 Å². The zero-order valence-electron chi connectivity index (χ0n) is 7.68. The minimum absolute atomic E-state index is 0.109. The fourth-order valence-corrected chi connectivity index (χ4v) is 2.00. The second-order valence-corrected chi connectivity index (χ2v) is 4.67. The maximum absolute atomic E-state index is 12.6. The summed E-state index contributed by atoms with van der Waals surface area (Å²) in [6.45, 7) is 0.625. The standard InChI is InChI=1S/C9H8FN3S2/c10-7-3-1-6(2-4-7)5-11-8-12-13-9(14)15-8/h1-4,8,11H,5H2. The van der Waals surface area contributed by atoms with Gasteiger partial charge in [-0.15, -0.1) is 5.11 Å². The second-order valence-electron chi connectivity index (χ2n) is 2.96. The summed E-state index contributed by atoms with van der Waals surface area (Å²) >= 11 is 6.26. The summed E-state index contributed by atoms with van der Waals surface area (Å²) in [6.07, 6.45) is 0. The van der Waals surface area contributed by atoms with E-state index in [0.717, 1.165) is 5.56 Å². The zero-order chi connectivity index (χ0) is 10.7. The number of halogens is 1. The van der Waals surface area contributed by atoms with E-state index in [2.05, 4.69) is 15.5 Å². The Morgan fingerprint density at radius 2 is 2.13 bits per heavy atom. The Morgan fingerprint density at radius 3 is 2.73 bits per heavy atom. The van der Waals surface area contributed by atoms with Gasteiger partial charge in [0, 0.05) is 6.54 Å². The minimum atomic E-state index is -0.227. The summed E-state index contributed by atoms with van der Waals surface area (Å²) in [5.41, 5.74) is 0.896. The first-order valence-corrected chi connectivity index (χ1v) is 5.62. The molecule has 0 aliphatic carbocycles. The first-order chi connectivity index (χ1) is 7.24. The monoisotopic (exact) mass is 241 g/mol. The number of thioether (sulfide) groups is 1. The molecule has 1 atom stereocenters. The Bertz CT molecular complexity index is 391. The first kappa shape index (κ1) is 10.7. The molecule has 3 nitrogen and oxygen atoms in total. The molecule has 1 heterocycles. The number of rotatable bonds is 3. The topological polar surface area (TPSA) is 36.8 Å². The van der Waals surface area contributed by atoms with Gasteiger partial charge in [0.15, 0.2) is 9.82 Å². The van der Waals surface area contributed by atoms with Gasteiger partial charge in [-0.2, -0.15) is 5.11 Å². The minimum Gasteiger partial charge on any atom is -0.281 e. The Hall–Kier alpha value is -0.850. The molecule has 2 rings (SSSR count). The van der Waals surface area contributed by atoms with Gasteiger partial charge in [-0.1, -0.05) is 12.1 Å². The van der Waals surface area contributed by atoms with Crippen molar-refractivity contribution < 1.29 is 4.39 Å². The van der Waals surface area contributed by atoms with E-state index >= 15 is 0 Å². The van der Waals surface area contributed by atoms with Crippen LogP contribution in [-0.4, -0.2) is 9.82 Å². The van der Waals surface area contributed by atoms with Crippen LogP contribution in [0, 0.1) is 5.82 Å². The second kappa shape index (κ2) is 4.78. The van der Waals surface area contributed by atoms with E-state index in [0.29, 0.717) is 10.9 Å². The fourth-order valence-electron chi connectivity index (χ4n) is 1.13. The van der Waals surface area contributed by atoms with Gasteiger partial charge in [0.05, 0.1) is 0 Å². The lowest BCUT2D eigenvalue weighted by molar-refractivity contribution is 0.623. The van der Waals surface area contributed by atoms with Crippen molar-refractivity contribution >= 4 is 28.3 Å². The van der Waals surface area contributed by atoms with E-state index in [-0.39, 0.29) is 11.3 Å². The molecular weight excluding hydrogens is 233 g/mol. The molecule has 0 radical (unpaired) electrons. The third kappa shape index (κ3) is 3.05. The van der Waals surface area contributed by atoms with E-state index in [4.69, 9.17) is 12.2 Å². The molecule has 0 spiro atoms. The predicted molar refractivity (Wildman–Crippen MR) is 62.1 cm³/mol. The number of nitrogens with zero attached hydrogens (tertiary/aromatic N) is 2. The smallest absolute Gasteiger partial charge is 0.185 e. The molecule has 15 heavy (non-hydrogen) atoms. The van der Waals surface area contributed by atoms with Gasteiger partial charge in [-0.25, -0.2) is 4.39 Å². The van der Waals surface area contributed by atoms with Crippen LogP contribution in [0.5, 0.6) is 0 Å². The molecule has 0 fully saturated rings. The molecule has 0 amide bonds. The zero-order valence-corrected chi connectivity index (χ0v) is 9.32. The third-order valence-corrected chi connectivity index (χ3v) is 2.99. The Morgan fingerprint density at radius 1 is 1.40 bits per heavy atom. The quantitative estimate of drug-likeness (QED) is 0.827. The first-order valence-electron chi connectivity index (χ1n) is 4.33. The van der Waals surface area contributed by atoms with Crippen LogP contribution in [0.25, 0.3) is 0 Å². The van der Waals surface area contributed by atoms with Gasteiger partial charge in [-0.3, -0.25) is 5.32 Å². The number of hydrogen-bond acceptors (Lipinski definition) is 4. The molecule has 1 unspecified atom stereocenters. The van der Waals surface area contributed by atoms with Crippen LogP contribution < -0.4 is 5.32 Å². The van der Waals surface area contributed by atoms with Crippen molar-refractivity contribution in [2.75, 3.05) is 0 Å². The van der Waals surface area contributed by atoms with Crippen LogP contribution >= 0.6 is 24.0 Å². The highest BCUT2D eigenvalue weighted by molar-refractivity contribution is 8.23. The van der Waals surface area contributed by atoms with E-state index in [9.17, 15) is 4.39 Å². The fraction of sp³-hybridized carbons (Fsp3) is 0.222. The predicted octanol–water partition coefficient (Wildman–Crippen LogP) is 2.68. The van der Waals surface area contributed by atoms with Crippen LogP contribution in [0.1, 0.15) is 5.56 Å². The largest absolute Gasteiger partial charge is 0.281 e. The van der Waals surface area contributed by atoms with Crippen molar-refractivity contribution in [2.45, 2.75) is 12.0 Å². The van der Waals surface area contributed by atoms with Crippen LogP contribution in [0.4, 0.5) is 4.39 Å². The SMILES string of the molecule is Fc1ccc(CNC2N=NC(=S)S2)cc1. The maximum Gasteiger partial charge on any atom is 0.185 e. The summed E-state index contributed by atoms with van der Waals surface area (Å²) in [7, 11) is 0. The molecule has 78 valence electrons. The number of nitrogens with one attached hydrogen (secondary N) is 1. The molecule has 1 aliphatic rings. The van der Waals surface area contributed by atoms with Gasteiger partial charge in [-0.05, 0) is 41.7 Å². The van der Waals surface area contributed by atoms with Crippen molar-refractivity contribution in [2.24, 2.45) is 10.2 Å². The number of benzene rings is 1. The highest BCUT2D eigenvalue weighted by Crippen LogP contribution is 2.21. The third-order valence-electron chi connectivity index (χ3n) is 1.85. The molecular formula is C9H8FN3S2. The average molecular weight is 241 g/mol. The Labute approximate surface area is 96.2 Å². The molecule has 6 heteroatoms. The van der Waals surface area contributed by atoms with Crippen molar-refractivity contribution in [3.05, 3.63) is 35.6 Å². The Kier molecular flexibility index (Phi) is 3.40.